The minimum atomic E-state index is -4.45. The standard InChI is InChI=1S/C21H16F3N3O2/c1-27(12-19-25-15-7-2-3-8-16(15)26-19)20(28)18-10-9-17(29-18)13-5-4-6-14(11-13)21(22,23)24/h2-11H,12H2,1H3,(H,25,26). The molecule has 0 unspecified atom stereocenters. The minimum absolute atomic E-state index is 0.0380. The topological polar surface area (TPSA) is 62.1 Å². The van der Waals surface area contributed by atoms with Crippen LogP contribution in [0.25, 0.3) is 22.4 Å². The van der Waals surface area contributed by atoms with Gasteiger partial charge in [0.1, 0.15) is 11.6 Å². The summed E-state index contributed by atoms with van der Waals surface area (Å²) in [7, 11) is 1.60. The molecular formula is C21H16F3N3O2. The number of hydrogen-bond acceptors (Lipinski definition) is 3. The summed E-state index contributed by atoms with van der Waals surface area (Å²) in [5, 5.41) is 0. The van der Waals surface area contributed by atoms with Crippen LogP contribution in [-0.2, 0) is 12.7 Å². The number of imidazole rings is 1. The van der Waals surface area contributed by atoms with Crippen molar-refractivity contribution in [1.82, 2.24) is 14.9 Å². The molecule has 1 N–H and O–H groups in total. The number of carbonyl (C=O) groups is 1. The zero-order chi connectivity index (χ0) is 20.6. The normalized spacial score (nSPS) is 11.7. The molecule has 0 aliphatic carbocycles. The van der Waals surface area contributed by atoms with Crippen molar-refractivity contribution in [1.29, 1.82) is 0 Å². The quantitative estimate of drug-likeness (QED) is 0.519. The van der Waals surface area contributed by atoms with Crippen LogP contribution in [0.1, 0.15) is 21.9 Å². The first-order chi connectivity index (χ1) is 13.8. The summed E-state index contributed by atoms with van der Waals surface area (Å²) in [4.78, 5) is 21.6. The predicted molar refractivity (Wildman–Crippen MR) is 101 cm³/mol. The van der Waals surface area contributed by atoms with Gasteiger partial charge >= 0.3 is 6.18 Å². The summed E-state index contributed by atoms with van der Waals surface area (Å²) in [6.45, 7) is 0.229. The Morgan fingerprint density at radius 2 is 1.90 bits per heavy atom. The van der Waals surface area contributed by atoms with E-state index in [0.717, 1.165) is 23.2 Å². The molecule has 29 heavy (non-hydrogen) atoms. The molecular weight excluding hydrogens is 383 g/mol. The first-order valence-corrected chi connectivity index (χ1v) is 8.78. The fourth-order valence-electron chi connectivity index (χ4n) is 3.02. The van der Waals surface area contributed by atoms with Crippen LogP contribution in [0.4, 0.5) is 13.2 Å². The zero-order valence-corrected chi connectivity index (χ0v) is 15.3. The van der Waals surface area contributed by atoms with E-state index in [4.69, 9.17) is 4.42 Å². The first kappa shape index (κ1) is 18.8. The van der Waals surface area contributed by atoms with Gasteiger partial charge in [-0.15, -0.1) is 0 Å². The molecule has 4 rings (SSSR count). The van der Waals surface area contributed by atoms with Crippen LogP contribution in [0.2, 0.25) is 0 Å². The lowest BCUT2D eigenvalue weighted by molar-refractivity contribution is -0.137. The molecule has 2 aromatic carbocycles. The molecule has 4 aromatic rings. The van der Waals surface area contributed by atoms with Gasteiger partial charge in [0.2, 0.25) is 0 Å². The fraction of sp³-hybridized carbons (Fsp3) is 0.143. The molecule has 8 heteroatoms. The molecule has 0 aliphatic rings. The number of aromatic nitrogens is 2. The summed E-state index contributed by atoms with van der Waals surface area (Å²) in [5.41, 5.74) is 1.14. The number of furan rings is 1. The van der Waals surface area contributed by atoms with E-state index in [2.05, 4.69) is 9.97 Å². The first-order valence-electron chi connectivity index (χ1n) is 8.78. The number of para-hydroxylation sites is 2. The van der Waals surface area contributed by atoms with Crippen molar-refractivity contribution in [2.75, 3.05) is 7.05 Å². The van der Waals surface area contributed by atoms with Gasteiger partial charge in [-0.3, -0.25) is 4.79 Å². The zero-order valence-electron chi connectivity index (χ0n) is 15.3. The van der Waals surface area contributed by atoms with Crippen LogP contribution in [0.5, 0.6) is 0 Å². The summed E-state index contributed by atoms with van der Waals surface area (Å²) in [6, 6.07) is 15.2. The highest BCUT2D eigenvalue weighted by molar-refractivity contribution is 5.92. The van der Waals surface area contributed by atoms with Crippen LogP contribution in [-0.4, -0.2) is 27.8 Å². The second-order valence-corrected chi connectivity index (χ2v) is 6.60. The number of hydrogen-bond donors (Lipinski definition) is 1. The van der Waals surface area contributed by atoms with Crippen molar-refractivity contribution in [3.8, 4) is 11.3 Å². The fourth-order valence-corrected chi connectivity index (χ4v) is 3.02. The van der Waals surface area contributed by atoms with Crippen LogP contribution >= 0.6 is 0 Å². The number of alkyl halides is 3. The summed E-state index contributed by atoms with van der Waals surface area (Å²) >= 11 is 0. The number of amides is 1. The Labute approximate surface area is 163 Å². The van der Waals surface area contributed by atoms with Crippen molar-refractivity contribution >= 4 is 16.9 Å². The number of carbonyl (C=O) groups excluding carboxylic acids is 1. The van der Waals surface area contributed by atoms with E-state index in [9.17, 15) is 18.0 Å². The molecule has 0 saturated heterocycles. The van der Waals surface area contributed by atoms with Gasteiger partial charge in [-0.25, -0.2) is 4.98 Å². The molecule has 1 amide bonds. The van der Waals surface area contributed by atoms with E-state index in [1.54, 1.807) is 7.05 Å². The van der Waals surface area contributed by atoms with E-state index in [-0.39, 0.29) is 23.6 Å². The van der Waals surface area contributed by atoms with Crippen molar-refractivity contribution in [2.45, 2.75) is 12.7 Å². The SMILES string of the molecule is CN(Cc1nc2ccccc2[nH]1)C(=O)c1ccc(-c2cccc(C(F)(F)F)c2)o1. The van der Waals surface area contributed by atoms with Gasteiger partial charge in [0.15, 0.2) is 5.76 Å². The molecule has 0 radical (unpaired) electrons. The number of nitrogens with one attached hydrogen (secondary N) is 1. The average molecular weight is 399 g/mol. The van der Waals surface area contributed by atoms with Crippen LogP contribution < -0.4 is 0 Å². The second-order valence-electron chi connectivity index (χ2n) is 6.60. The largest absolute Gasteiger partial charge is 0.451 e. The molecule has 0 atom stereocenters. The van der Waals surface area contributed by atoms with E-state index < -0.39 is 17.6 Å². The number of fused-ring (bicyclic) bond motifs is 1. The molecule has 0 fully saturated rings. The van der Waals surface area contributed by atoms with E-state index >= 15 is 0 Å². The molecule has 0 aliphatic heterocycles. The third-order valence-electron chi connectivity index (χ3n) is 4.46. The van der Waals surface area contributed by atoms with Crippen LogP contribution in [0, 0.1) is 0 Å². The van der Waals surface area contributed by atoms with E-state index in [0.29, 0.717) is 5.82 Å². The minimum Gasteiger partial charge on any atom is -0.451 e. The van der Waals surface area contributed by atoms with Crippen LogP contribution in [0.15, 0.2) is 65.1 Å². The molecule has 0 spiro atoms. The number of benzene rings is 2. The third-order valence-corrected chi connectivity index (χ3v) is 4.46. The van der Waals surface area contributed by atoms with Crippen molar-refractivity contribution in [3.63, 3.8) is 0 Å². The van der Waals surface area contributed by atoms with E-state index in [1.807, 2.05) is 24.3 Å². The summed E-state index contributed by atoms with van der Waals surface area (Å²) < 4.78 is 44.2. The lowest BCUT2D eigenvalue weighted by Crippen LogP contribution is -2.26. The summed E-state index contributed by atoms with van der Waals surface area (Å²) in [6.07, 6.45) is -4.45. The predicted octanol–water partition coefficient (Wildman–Crippen LogP) is 5.11. The highest BCUT2D eigenvalue weighted by Gasteiger charge is 2.30. The molecule has 0 bridgehead atoms. The molecule has 5 nitrogen and oxygen atoms in total. The second kappa shape index (κ2) is 7.12. The maximum Gasteiger partial charge on any atom is 0.416 e. The smallest absolute Gasteiger partial charge is 0.416 e. The van der Waals surface area contributed by atoms with Gasteiger partial charge in [-0.05, 0) is 36.4 Å². The van der Waals surface area contributed by atoms with Gasteiger partial charge in [-0.2, -0.15) is 13.2 Å². The Morgan fingerprint density at radius 1 is 1.10 bits per heavy atom. The van der Waals surface area contributed by atoms with Gasteiger partial charge < -0.3 is 14.3 Å². The van der Waals surface area contributed by atoms with Crippen LogP contribution in [0.3, 0.4) is 0 Å². The Balaban J connectivity index is 1.52. The molecule has 2 aromatic heterocycles. The van der Waals surface area contributed by atoms with Crippen molar-refractivity contribution < 1.29 is 22.4 Å². The van der Waals surface area contributed by atoms with Gasteiger partial charge in [0, 0.05) is 12.6 Å². The average Bonchev–Trinajstić information content (AvgIpc) is 3.33. The van der Waals surface area contributed by atoms with E-state index in [1.165, 1.54) is 29.2 Å². The number of nitrogens with zero attached hydrogens (tertiary/aromatic N) is 2. The number of rotatable bonds is 4. The van der Waals surface area contributed by atoms with Gasteiger partial charge in [0.25, 0.3) is 5.91 Å². The Morgan fingerprint density at radius 3 is 2.66 bits per heavy atom. The third kappa shape index (κ3) is 3.87. The van der Waals surface area contributed by atoms with Gasteiger partial charge in [-0.1, -0.05) is 24.3 Å². The highest BCUT2D eigenvalue weighted by Crippen LogP contribution is 2.32. The maximum absolute atomic E-state index is 12.9. The lowest BCUT2D eigenvalue weighted by atomic mass is 10.1. The molecule has 0 saturated carbocycles. The Bertz CT molecular complexity index is 1140. The Hall–Kier alpha value is -3.55. The number of H-pyrrole nitrogens is 1. The van der Waals surface area contributed by atoms with Crippen molar-refractivity contribution in [2.24, 2.45) is 0 Å². The maximum atomic E-state index is 12.9. The monoisotopic (exact) mass is 399 g/mol. The highest BCUT2D eigenvalue weighted by atomic mass is 19.4. The van der Waals surface area contributed by atoms with Crippen molar-refractivity contribution in [3.05, 3.63) is 77.8 Å². The van der Waals surface area contributed by atoms with Gasteiger partial charge in [0.05, 0.1) is 23.1 Å². The molecule has 2 heterocycles. The summed E-state index contributed by atoms with van der Waals surface area (Å²) in [5.74, 6) is 0.447. The molecule has 148 valence electrons. The number of aromatic amines is 1. The number of halogens is 3. The Kier molecular flexibility index (Phi) is 4.62. The lowest BCUT2D eigenvalue weighted by Gasteiger charge is -2.13.